The van der Waals surface area contributed by atoms with Gasteiger partial charge in [-0.15, -0.1) is 0 Å². The number of likely N-dealkylation sites (tertiary alicyclic amines) is 1. The summed E-state index contributed by atoms with van der Waals surface area (Å²) in [5, 5.41) is 8.84. The second-order valence-electron chi connectivity index (χ2n) is 6.91. The van der Waals surface area contributed by atoms with E-state index in [2.05, 4.69) is 12.1 Å². The van der Waals surface area contributed by atoms with Crippen LogP contribution < -0.4 is 0 Å². The SMILES string of the molecule is O=C(O)CCC(=O)N1C[C@@H]2CCCC[C@@H]2[C@H]1Cc1ccccc1. The van der Waals surface area contributed by atoms with Crippen LogP contribution in [0.25, 0.3) is 0 Å². The molecule has 1 aliphatic carbocycles. The third-order valence-electron chi connectivity index (χ3n) is 5.45. The van der Waals surface area contributed by atoms with E-state index in [-0.39, 0.29) is 24.8 Å². The van der Waals surface area contributed by atoms with Crippen molar-refractivity contribution >= 4 is 11.9 Å². The molecule has 1 N–H and O–H groups in total. The van der Waals surface area contributed by atoms with E-state index in [9.17, 15) is 9.59 Å². The molecule has 0 aromatic heterocycles. The Labute approximate surface area is 137 Å². The first-order valence-electron chi connectivity index (χ1n) is 8.70. The zero-order valence-corrected chi connectivity index (χ0v) is 13.5. The quantitative estimate of drug-likeness (QED) is 0.908. The standard InChI is InChI=1S/C19H25NO3/c21-18(10-11-19(22)23)20-13-15-8-4-5-9-16(15)17(20)12-14-6-2-1-3-7-14/h1-3,6-7,15-17H,4-5,8-13H2,(H,22,23)/t15-,16-,17+/m0/s1. The van der Waals surface area contributed by atoms with Crippen LogP contribution >= 0.6 is 0 Å². The largest absolute Gasteiger partial charge is 0.481 e. The molecule has 1 aromatic rings. The molecule has 1 saturated carbocycles. The molecule has 3 rings (SSSR count). The summed E-state index contributed by atoms with van der Waals surface area (Å²) in [7, 11) is 0. The Balaban J connectivity index is 1.75. The third-order valence-corrected chi connectivity index (χ3v) is 5.45. The van der Waals surface area contributed by atoms with Gasteiger partial charge in [0, 0.05) is 19.0 Å². The van der Waals surface area contributed by atoms with Crippen LogP contribution in [0.15, 0.2) is 30.3 Å². The van der Waals surface area contributed by atoms with E-state index in [1.807, 2.05) is 23.1 Å². The van der Waals surface area contributed by atoms with Gasteiger partial charge >= 0.3 is 5.97 Å². The number of carbonyl (C=O) groups excluding carboxylic acids is 1. The third kappa shape index (κ3) is 3.74. The van der Waals surface area contributed by atoms with E-state index in [0.29, 0.717) is 11.8 Å². The molecular formula is C19H25NO3. The van der Waals surface area contributed by atoms with Crippen molar-refractivity contribution in [2.45, 2.75) is 51.0 Å². The van der Waals surface area contributed by atoms with Crippen molar-refractivity contribution < 1.29 is 14.7 Å². The molecule has 124 valence electrons. The summed E-state index contributed by atoms with van der Waals surface area (Å²) in [6, 6.07) is 10.6. The number of hydrogen-bond donors (Lipinski definition) is 1. The number of amides is 1. The molecule has 1 aromatic carbocycles. The Bertz CT molecular complexity index is 557. The molecule has 0 radical (unpaired) electrons. The van der Waals surface area contributed by atoms with Gasteiger partial charge in [0.2, 0.25) is 5.91 Å². The Morgan fingerprint density at radius 1 is 1.09 bits per heavy atom. The molecule has 3 atom stereocenters. The monoisotopic (exact) mass is 315 g/mol. The number of hydrogen-bond acceptors (Lipinski definition) is 2. The zero-order valence-electron chi connectivity index (χ0n) is 13.5. The number of benzene rings is 1. The highest BCUT2D eigenvalue weighted by Crippen LogP contribution is 2.41. The van der Waals surface area contributed by atoms with Gasteiger partial charge in [0.25, 0.3) is 0 Å². The molecule has 1 amide bonds. The van der Waals surface area contributed by atoms with Crippen molar-refractivity contribution in [2.75, 3.05) is 6.54 Å². The smallest absolute Gasteiger partial charge is 0.303 e. The minimum absolute atomic E-state index is 0.0164. The normalized spacial score (nSPS) is 26.8. The van der Waals surface area contributed by atoms with Crippen LogP contribution in [0.5, 0.6) is 0 Å². The van der Waals surface area contributed by atoms with Gasteiger partial charge in [0.15, 0.2) is 0 Å². The number of nitrogens with zero attached hydrogens (tertiary/aromatic N) is 1. The van der Waals surface area contributed by atoms with Crippen molar-refractivity contribution in [1.82, 2.24) is 4.90 Å². The Morgan fingerprint density at radius 2 is 1.83 bits per heavy atom. The summed E-state index contributed by atoms with van der Waals surface area (Å²) in [6.45, 7) is 0.820. The van der Waals surface area contributed by atoms with Crippen molar-refractivity contribution in [3.05, 3.63) is 35.9 Å². The molecule has 0 bridgehead atoms. The average molecular weight is 315 g/mol. The van der Waals surface area contributed by atoms with E-state index < -0.39 is 5.97 Å². The highest BCUT2D eigenvalue weighted by Gasteiger charge is 2.44. The average Bonchev–Trinajstić information content (AvgIpc) is 2.92. The maximum absolute atomic E-state index is 12.6. The van der Waals surface area contributed by atoms with Crippen LogP contribution in [0.3, 0.4) is 0 Å². The number of carboxylic acid groups (broad SMARTS) is 1. The molecule has 0 spiro atoms. The molecule has 23 heavy (non-hydrogen) atoms. The van der Waals surface area contributed by atoms with Gasteiger partial charge in [-0.05, 0) is 36.7 Å². The number of carbonyl (C=O) groups is 2. The lowest BCUT2D eigenvalue weighted by atomic mass is 9.77. The minimum atomic E-state index is -0.894. The van der Waals surface area contributed by atoms with Gasteiger partial charge in [-0.25, -0.2) is 0 Å². The zero-order chi connectivity index (χ0) is 16.2. The van der Waals surface area contributed by atoms with E-state index in [1.54, 1.807) is 0 Å². The molecule has 1 aliphatic heterocycles. The van der Waals surface area contributed by atoms with Gasteiger partial charge < -0.3 is 10.0 Å². The molecule has 1 heterocycles. The molecule has 4 heteroatoms. The first kappa shape index (κ1) is 16.0. The molecule has 2 aliphatic rings. The molecule has 0 unspecified atom stereocenters. The maximum atomic E-state index is 12.6. The second-order valence-corrected chi connectivity index (χ2v) is 6.91. The van der Waals surface area contributed by atoms with Gasteiger partial charge in [0.1, 0.15) is 0 Å². The lowest BCUT2D eigenvalue weighted by Crippen LogP contribution is -2.39. The van der Waals surface area contributed by atoms with E-state index in [1.165, 1.54) is 31.2 Å². The molecule has 2 fully saturated rings. The number of fused-ring (bicyclic) bond motifs is 1. The first-order valence-corrected chi connectivity index (χ1v) is 8.70. The molecule has 1 saturated heterocycles. The summed E-state index contributed by atoms with van der Waals surface area (Å²) in [6.07, 6.45) is 5.87. The maximum Gasteiger partial charge on any atom is 0.303 e. The predicted molar refractivity (Wildman–Crippen MR) is 88.0 cm³/mol. The number of rotatable bonds is 5. The van der Waals surface area contributed by atoms with Crippen LogP contribution in [-0.2, 0) is 16.0 Å². The number of aliphatic carboxylic acids is 1. The van der Waals surface area contributed by atoms with Gasteiger partial charge in [-0.1, -0.05) is 43.2 Å². The van der Waals surface area contributed by atoms with Gasteiger partial charge in [0.05, 0.1) is 6.42 Å². The van der Waals surface area contributed by atoms with Crippen molar-refractivity contribution in [1.29, 1.82) is 0 Å². The summed E-state index contributed by atoms with van der Waals surface area (Å²) >= 11 is 0. The van der Waals surface area contributed by atoms with Crippen LogP contribution in [0, 0.1) is 11.8 Å². The molecule has 4 nitrogen and oxygen atoms in total. The Hall–Kier alpha value is -1.84. The first-order chi connectivity index (χ1) is 11.1. The fourth-order valence-corrected chi connectivity index (χ4v) is 4.35. The Kier molecular flexibility index (Phi) is 4.99. The lowest BCUT2D eigenvalue weighted by Gasteiger charge is -2.30. The fourth-order valence-electron chi connectivity index (χ4n) is 4.35. The second kappa shape index (κ2) is 7.16. The fraction of sp³-hybridized carbons (Fsp3) is 0.579. The van der Waals surface area contributed by atoms with Gasteiger partial charge in [-0.3, -0.25) is 9.59 Å². The van der Waals surface area contributed by atoms with Crippen LogP contribution in [0.2, 0.25) is 0 Å². The number of carboxylic acids is 1. The van der Waals surface area contributed by atoms with Crippen LogP contribution in [-0.4, -0.2) is 34.5 Å². The van der Waals surface area contributed by atoms with Gasteiger partial charge in [-0.2, -0.15) is 0 Å². The highest BCUT2D eigenvalue weighted by atomic mass is 16.4. The topological polar surface area (TPSA) is 57.6 Å². The highest BCUT2D eigenvalue weighted by molar-refractivity contribution is 5.81. The van der Waals surface area contributed by atoms with Crippen molar-refractivity contribution in [3.63, 3.8) is 0 Å². The Morgan fingerprint density at radius 3 is 2.57 bits per heavy atom. The van der Waals surface area contributed by atoms with Crippen molar-refractivity contribution in [3.8, 4) is 0 Å². The summed E-state index contributed by atoms with van der Waals surface area (Å²) in [5.41, 5.74) is 1.26. The summed E-state index contributed by atoms with van der Waals surface area (Å²) < 4.78 is 0. The summed E-state index contributed by atoms with van der Waals surface area (Å²) in [4.78, 5) is 25.3. The van der Waals surface area contributed by atoms with E-state index in [0.717, 1.165) is 13.0 Å². The predicted octanol–water partition coefficient (Wildman–Crippen LogP) is 3.11. The van der Waals surface area contributed by atoms with Crippen molar-refractivity contribution in [2.24, 2.45) is 11.8 Å². The van der Waals surface area contributed by atoms with Crippen LogP contribution in [0.4, 0.5) is 0 Å². The summed E-state index contributed by atoms with van der Waals surface area (Å²) in [5.74, 6) is 0.307. The molecular weight excluding hydrogens is 290 g/mol. The van der Waals surface area contributed by atoms with E-state index in [4.69, 9.17) is 5.11 Å². The lowest BCUT2D eigenvalue weighted by molar-refractivity contribution is -0.141. The van der Waals surface area contributed by atoms with Crippen LogP contribution in [0.1, 0.15) is 44.1 Å². The minimum Gasteiger partial charge on any atom is -0.481 e. The van der Waals surface area contributed by atoms with E-state index >= 15 is 0 Å².